The normalized spacial score (nSPS) is 11.8. The summed E-state index contributed by atoms with van der Waals surface area (Å²) in [6.45, 7) is 8.77. The number of rotatable bonds is 2. The van der Waals surface area contributed by atoms with Gasteiger partial charge >= 0.3 is 0 Å². The van der Waals surface area contributed by atoms with Gasteiger partial charge in [-0.3, -0.25) is 4.79 Å². The molecule has 0 aliphatic heterocycles. The molecule has 0 fully saturated rings. The Bertz CT molecular complexity index is 625. The Morgan fingerprint density at radius 2 is 2.11 bits per heavy atom. The fourth-order valence-electron chi connectivity index (χ4n) is 1.68. The van der Waals surface area contributed by atoms with Gasteiger partial charge in [0, 0.05) is 17.6 Å². The number of hydrogen-bond donors (Lipinski definition) is 2. The summed E-state index contributed by atoms with van der Waals surface area (Å²) in [6.07, 6.45) is 0. The first-order valence-electron chi connectivity index (χ1n) is 6.22. The van der Waals surface area contributed by atoms with E-state index in [2.05, 4.69) is 31.1 Å². The lowest BCUT2D eigenvalue weighted by molar-refractivity contribution is 0.0944. The van der Waals surface area contributed by atoms with Crippen LogP contribution in [0.25, 0.3) is 10.2 Å². The average Bonchev–Trinajstić information content (AvgIpc) is 2.62. The molecule has 0 aliphatic carbocycles. The number of amides is 1. The number of aromatic nitrogens is 1. The lowest BCUT2D eigenvalue weighted by Crippen LogP contribution is -2.32. The van der Waals surface area contributed by atoms with Gasteiger partial charge in [0.1, 0.15) is 9.71 Å². The Morgan fingerprint density at radius 1 is 1.42 bits per heavy atom. The van der Waals surface area contributed by atoms with E-state index in [9.17, 15) is 4.79 Å². The van der Waals surface area contributed by atoms with E-state index in [-0.39, 0.29) is 11.3 Å². The molecule has 0 aromatic carbocycles. The Labute approximate surface area is 117 Å². The second kappa shape index (κ2) is 4.81. The SMILES string of the molecule is Cc1ccc2c(N)c(C(=O)NCC(C)(C)C)sc2n1. The number of nitrogen functional groups attached to an aromatic ring is 1. The number of fused-ring (bicyclic) bond motifs is 1. The van der Waals surface area contributed by atoms with Gasteiger partial charge in [-0.25, -0.2) is 4.98 Å². The predicted octanol–water partition coefficient (Wildman–Crippen LogP) is 2.96. The summed E-state index contributed by atoms with van der Waals surface area (Å²) in [5.74, 6) is -0.118. The fraction of sp³-hybridized carbons (Fsp3) is 0.429. The van der Waals surface area contributed by atoms with Crippen LogP contribution in [0.2, 0.25) is 0 Å². The van der Waals surface area contributed by atoms with Gasteiger partial charge in [-0.05, 0) is 24.5 Å². The van der Waals surface area contributed by atoms with Crippen LogP contribution in [0.4, 0.5) is 5.69 Å². The number of nitrogens with two attached hydrogens (primary N) is 1. The third kappa shape index (κ3) is 3.04. The molecular weight excluding hydrogens is 258 g/mol. The molecule has 0 saturated heterocycles. The lowest BCUT2D eigenvalue weighted by Gasteiger charge is -2.18. The third-order valence-corrected chi connectivity index (χ3v) is 3.83. The number of aryl methyl sites for hydroxylation is 1. The van der Waals surface area contributed by atoms with E-state index >= 15 is 0 Å². The molecule has 0 aliphatic rings. The first kappa shape index (κ1) is 13.8. The number of nitrogens with one attached hydrogen (secondary N) is 1. The zero-order valence-electron chi connectivity index (χ0n) is 11.7. The Morgan fingerprint density at radius 3 is 2.74 bits per heavy atom. The summed E-state index contributed by atoms with van der Waals surface area (Å²) in [5, 5.41) is 3.78. The average molecular weight is 277 g/mol. The molecule has 3 N–H and O–H groups in total. The molecule has 5 heteroatoms. The predicted molar refractivity (Wildman–Crippen MR) is 80.6 cm³/mol. The largest absolute Gasteiger partial charge is 0.397 e. The van der Waals surface area contributed by atoms with Gasteiger partial charge in [0.25, 0.3) is 5.91 Å². The van der Waals surface area contributed by atoms with Crippen molar-refractivity contribution in [2.45, 2.75) is 27.7 Å². The molecule has 0 spiro atoms. The molecule has 2 aromatic heterocycles. The van der Waals surface area contributed by atoms with Gasteiger partial charge < -0.3 is 11.1 Å². The van der Waals surface area contributed by atoms with Crippen molar-refractivity contribution >= 4 is 33.1 Å². The molecule has 0 bridgehead atoms. The van der Waals surface area contributed by atoms with Crippen molar-refractivity contribution in [3.63, 3.8) is 0 Å². The summed E-state index contributed by atoms with van der Waals surface area (Å²) >= 11 is 1.35. The summed E-state index contributed by atoms with van der Waals surface area (Å²) < 4.78 is 0. The van der Waals surface area contributed by atoms with Crippen LogP contribution in [0, 0.1) is 12.3 Å². The number of anilines is 1. The van der Waals surface area contributed by atoms with Crippen LogP contribution in [0.15, 0.2) is 12.1 Å². The number of thiophene rings is 1. The minimum Gasteiger partial charge on any atom is -0.397 e. The van der Waals surface area contributed by atoms with Crippen LogP contribution in [0.5, 0.6) is 0 Å². The maximum atomic E-state index is 12.2. The zero-order valence-corrected chi connectivity index (χ0v) is 12.5. The topological polar surface area (TPSA) is 68.0 Å². The molecule has 0 saturated carbocycles. The maximum Gasteiger partial charge on any atom is 0.263 e. The molecule has 2 rings (SSSR count). The molecule has 19 heavy (non-hydrogen) atoms. The number of nitrogens with zero attached hydrogens (tertiary/aromatic N) is 1. The van der Waals surface area contributed by atoms with E-state index in [4.69, 9.17) is 5.73 Å². The second-order valence-corrected chi connectivity index (χ2v) is 6.89. The molecule has 0 unspecified atom stereocenters. The maximum absolute atomic E-state index is 12.2. The highest BCUT2D eigenvalue weighted by molar-refractivity contribution is 7.21. The summed E-state index contributed by atoms with van der Waals surface area (Å²) in [5.41, 5.74) is 7.54. The highest BCUT2D eigenvalue weighted by atomic mass is 32.1. The van der Waals surface area contributed by atoms with Crippen molar-refractivity contribution in [3.05, 3.63) is 22.7 Å². The van der Waals surface area contributed by atoms with Gasteiger partial charge in [0.05, 0.1) is 5.69 Å². The Balaban J connectivity index is 2.30. The van der Waals surface area contributed by atoms with Crippen LogP contribution < -0.4 is 11.1 Å². The van der Waals surface area contributed by atoms with Gasteiger partial charge in [0.2, 0.25) is 0 Å². The minimum atomic E-state index is -0.118. The van der Waals surface area contributed by atoms with E-state index in [1.165, 1.54) is 11.3 Å². The van der Waals surface area contributed by atoms with Crippen LogP contribution in [0.3, 0.4) is 0 Å². The van der Waals surface area contributed by atoms with Gasteiger partial charge in [0.15, 0.2) is 0 Å². The fourth-order valence-corrected chi connectivity index (χ4v) is 2.74. The van der Waals surface area contributed by atoms with E-state index in [1.54, 1.807) is 0 Å². The van der Waals surface area contributed by atoms with Crippen molar-refractivity contribution in [2.75, 3.05) is 12.3 Å². The number of carbonyl (C=O) groups is 1. The number of pyridine rings is 1. The van der Waals surface area contributed by atoms with E-state index in [1.807, 2.05) is 19.1 Å². The Kier molecular flexibility index (Phi) is 3.49. The van der Waals surface area contributed by atoms with E-state index in [0.717, 1.165) is 15.9 Å². The van der Waals surface area contributed by atoms with Crippen molar-refractivity contribution in [2.24, 2.45) is 5.41 Å². The molecular formula is C14H19N3OS. The summed E-state index contributed by atoms with van der Waals surface area (Å²) in [7, 11) is 0. The van der Waals surface area contributed by atoms with Crippen LogP contribution in [-0.2, 0) is 0 Å². The second-order valence-electron chi connectivity index (χ2n) is 5.89. The zero-order chi connectivity index (χ0) is 14.2. The third-order valence-electron chi connectivity index (χ3n) is 2.72. The highest BCUT2D eigenvalue weighted by Crippen LogP contribution is 2.32. The monoisotopic (exact) mass is 277 g/mol. The smallest absolute Gasteiger partial charge is 0.263 e. The number of carbonyl (C=O) groups excluding carboxylic acids is 1. The standard InChI is InChI=1S/C14H19N3OS/c1-8-5-6-9-10(15)11(19-13(9)17-8)12(18)16-7-14(2,3)4/h5-6H,7,15H2,1-4H3,(H,16,18). The van der Waals surface area contributed by atoms with Gasteiger partial charge in [-0.1, -0.05) is 20.8 Å². The molecule has 4 nitrogen and oxygen atoms in total. The van der Waals surface area contributed by atoms with Crippen molar-refractivity contribution in [1.82, 2.24) is 10.3 Å². The van der Waals surface area contributed by atoms with Crippen LogP contribution in [-0.4, -0.2) is 17.4 Å². The first-order chi connectivity index (χ1) is 8.78. The van der Waals surface area contributed by atoms with Crippen molar-refractivity contribution in [1.29, 1.82) is 0 Å². The van der Waals surface area contributed by atoms with Crippen molar-refractivity contribution < 1.29 is 4.79 Å². The van der Waals surface area contributed by atoms with Crippen molar-refractivity contribution in [3.8, 4) is 0 Å². The van der Waals surface area contributed by atoms with E-state index < -0.39 is 0 Å². The summed E-state index contributed by atoms with van der Waals surface area (Å²) in [6, 6.07) is 3.83. The molecule has 1 amide bonds. The lowest BCUT2D eigenvalue weighted by atomic mass is 9.97. The molecule has 102 valence electrons. The van der Waals surface area contributed by atoms with Crippen LogP contribution in [0.1, 0.15) is 36.1 Å². The van der Waals surface area contributed by atoms with E-state index in [0.29, 0.717) is 17.1 Å². The Hall–Kier alpha value is -1.62. The quantitative estimate of drug-likeness (QED) is 0.886. The minimum absolute atomic E-state index is 0.0515. The molecule has 2 heterocycles. The summed E-state index contributed by atoms with van der Waals surface area (Å²) in [4.78, 5) is 17.9. The van der Waals surface area contributed by atoms with Crippen LogP contribution >= 0.6 is 11.3 Å². The number of hydrogen-bond acceptors (Lipinski definition) is 4. The van der Waals surface area contributed by atoms with Gasteiger partial charge in [-0.2, -0.15) is 0 Å². The van der Waals surface area contributed by atoms with Gasteiger partial charge in [-0.15, -0.1) is 11.3 Å². The molecule has 0 radical (unpaired) electrons. The highest BCUT2D eigenvalue weighted by Gasteiger charge is 2.19. The first-order valence-corrected chi connectivity index (χ1v) is 7.03. The molecule has 2 aromatic rings. The molecule has 0 atom stereocenters.